The molecule has 0 aliphatic rings. The van der Waals surface area contributed by atoms with Gasteiger partial charge in [-0.05, 0) is 78.9 Å². The number of benzene rings is 1. The molecule has 3 amide bonds. The zero-order chi connectivity index (χ0) is 30.0. The van der Waals surface area contributed by atoms with E-state index >= 15 is 0 Å². The largest absolute Gasteiger partial charge is 0.444 e. The Balaban J connectivity index is 3.60. The molecule has 0 aliphatic heterocycles. The summed E-state index contributed by atoms with van der Waals surface area (Å²) in [6.45, 7) is 21.7. The first-order valence-electron chi connectivity index (χ1n) is 14.7. The number of alkyl carbamates (subject to hydrolysis) is 1. The quantitative estimate of drug-likeness (QED) is 0.261. The number of carbonyl (C=O) groups excluding carboxylic acids is 3. The second-order valence-electron chi connectivity index (χ2n) is 13.0. The lowest BCUT2D eigenvalue weighted by molar-refractivity contribution is -0.144. The Hall–Kier alpha value is -2.57. The standard InChI is InChI=1S/C32H55N3O4/c1-12-14-15-16-17-20-35(29(37)26(23(4)13-2)33-30(38)39-32(9,10)11)27(28(36)34-31(6,7)8)25-19-18-22(3)21-24(25)5/h18-19,21,23,26-27H,12-17,20H2,1-11H3,(H,33,38)(H,34,36). The van der Waals surface area contributed by atoms with Gasteiger partial charge in [-0.25, -0.2) is 4.79 Å². The topological polar surface area (TPSA) is 87.7 Å². The Morgan fingerprint density at radius 1 is 0.949 bits per heavy atom. The van der Waals surface area contributed by atoms with Crippen LogP contribution in [-0.4, -0.2) is 46.5 Å². The number of carbonyl (C=O) groups is 3. The van der Waals surface area contributed by atoms with Gasteiger partial charge in [-0.15, -0.1) is 0 Å². The molecule has 0 heterocycles. The Labute approximate surface area is 237 Å². The van der Waals surface area contributed by atoms with Crippen molar-refractivity contribution in [3.05, 3.63) is 34.9 Å². The average Bonchev–Trinajstić information content (AvgIpc) is 2.79. The maximum Gasteiger partial charge on any atom is 0.408 e. The van der Waals surface area contributed by atoms with E-state index in [9.17, 15) is 14.4 Å². The lowest BCUT2D eigenvalue weighted by Crippen LogP contribution is -2.56. The number of hydrogen-bond acceptors (Lipinski definition) is 4. The van der Waals surface area contributed by atoms with E-state index in [2.05, 4.69) is 17.6 Å². The third kappa shape index (κ3) is 12.0. The summed E-state index contributed by atoms with van der Waals surface area (Å²) in [5.74, 6) is -0.644. The predicted octanol–water partition coefficient (Wildman–Crippen LogP) is 7.00. The first-order chi connectivity index (χ1) is 18.0. The van der Waals surface area contributed by atoms with E-state index in [0.717, 1.165) is 48.8 Å². The summed E-state index contributed by atoms with van der Waals surface area (Å²) < 4.78 is 5.51. The van der Waals surface area contributed by atoms with E-state index in [0.29, 0.717) is 13.0 Å². The molecule has 0 aromatic heterocycles. The van der Waals surface area contributed by atoms with Crippen LogP contribution >= 0.6 is 0 Å². The molecule has 0 spiro atoms. The predicted molar refractivity (Wildman–Crippen MR) is 160 cm³/mol. The van der Waals surface area contributed by atoms with Crippen LogP contribution in [-0.2, 0) is 14.3 Å². The van der Waals surface area contributed by atoms with Crippen LogP contribution in [0.2, 0.25) is 0 Å². The van der Waals surface area contributed by atoms with Crippen molar-refractivity contribution in [2.45, 2.75) is 138 Å². The summed E-state index contributed by atoms with van der Waals surface area (Å²) >= 11 is 0. The van der Waals surface area contributed by atoms with Gasteiger partial charge in [0.25, 0.3) is 0 Å². The molecular weight excluding hydrogens is 490 g/mol. The maximum atomic E-state index is 14.4. The average molecular weight is 546 g/mol. The summed E-state index contributed by atoms with van der Waals surface area (Å²) in [5, 5.41) is 5.96. The van der Waals surface area contributed by atoms with Crippen molar-refractivity contribution < 1.29 is 19.1 Å². The molecule has 7 heteroatoms. The van der Waals surface area contributed by atoms with Crippen molar-refractivity contribution in [2.75, 3.05) is 6.54 Å². The smallest absolute Gasteiger partial charge is 0.408 e. The normalized spacial score (nSPS) is 14.2. The van der Waals surface area contributed by atoms with Crippen molar-refractivity contribution in [3.63, 3.8) is 0 Å². The van der Waals surface area contributed by atoms with Gasteiger partial charge in [0, 0.05) is 12.1 Å². The van der Waals surface area contributed by atoms with Gasteiger partial charge < -0.3 is 20.3 Å². The highest BCUT2D eigenvalue weighted by atomic mass is 16.6. The first kappa shape index (κ1) is 34.5. The third-order valence-corrected chi connectivity index (χ3v) is 6.72. The summed E-state index contributed by atoms with van der Waals surface area (Å²) in [6.07, 6.45) is 5.12. The molecule has 0 bridgehead atoms. The van der Waals surface area contributed by atoms with Gasteiger partial charge in [0.2, 0.25) is 11.8 Å². The van der Waals surface area contributed by atoms with E-state index in [-0.39, 0.29) is 17.7 Å². The maximum absolute atomic E-state index is 14.4. The fraction of sp³-hybridized carbons (Fsp3) is 0.719. The van der Waals surface area contributed by atoms with Crippen LogP contribution in [0.4, 0.5) is 4.79 Å². The lowest BCUT2D eigenvalue weighted by Gasteiger charge is -2.38. The third-order valence-electron chi connectivity index (χ3n) is 6.72. The van der Waals surface area contributed by atoms with Crippen molar-refractivity contribution >= 4 is 17.9 Å². The summed E-state index contributed by atoms with van der Waals surface area (Å²) in [4.78, 5) is 42.8. The van der Waals surface area contributed by atoms with Crippen LogP contribution in [0.15, 0.2) is 18.2 Å². The van der Waals surface area contributed by atoms with Gasteiger partial charge in [-0.3, -0.25) is 9.59 Å². The fourth-order valence-corrected chi connectivity index (χ4v) is 4.57. The van der Waals surface area contributed by atoms with Crippen LogP contribution < -0.4 is 10.6 Å². The molecular formula is C32H55N3O4. The monoisotopic (exact) mass is 545 g/mol. The molecule has 0 saturated heterocycles. The zero-order valence-corrected chi connectivity index (χ0v) is 26.5. The Morgan fingerprint density at radius 2 is 1.56 bits per heavy atom. The van der Waals surface area contributed by atoms with Gasteiger partial charge in [0.1, 0.15) is 17.7 Å². The van der Waals surface area contributed by atoms with E-state index in [1.807, 2.05) is 66.7 Å². The lowest BCUT2D eigenvalue weighted by atomic mass is 9.93. The second-order valence-corrected chi connectivity index (χ2v) is 13.0. The van der Waals surface area contributed by atoms with Gasteiger partial charge in [0.15, 0.2) is 0 Å². The molecule has 1 aromatic carbocycles. The minimum Gasteiger partial charge on any atom is -0.444 e. The van der Waals surface area contributed by atoms with E-state index in [4.69, 9.17) is 4.74 Å². The van der Waals surface area contributed by atoms with E-state index < -0.39 is 29.3 Å². The molecule has 1 aromatic rings. The van der Waals surface area contributed by atoms with Crippen LogP contribution in [0.1, 0.15) is 124 Å². The molecule has 0 radical (unpaired) electrons. The molecule has 1 rings (SSSR count). The Kier molecular flexibility index (Phi) is 13.5. The van der Waals surface area contributed by atoms with Crippen LogP contribution in [0.3, 0.4) is 0 Å². The Bertz CT molecular complexity index is 946. The van der Waals surface area contributed by atoms with Crippen molar-refractivity contribution in [1.29, 1.82) is 0 Å². The number of rotatable bonds is 13. The molecule has 7 nitrogen and oxygen atoms in total. The number of amides is 3. The summed E-state index contributed by atoms with van der Waals surface area (Å²) in [6, 6.07) is 4.33. The number of unbranched alkanes of at least 4 members (excludes halogenated alkanes) is 4. The molecule has 222 valence electrons. The van der Waals surface area contributed by atoms with Crippen molar-refractivity contribution in [2.24, 2.45) is 5.92 Å². The molecule has 2 N–H and O–H groups in total. The molecule has 3 unspecified atom stereocenters. The number of ether oxygens (including phenoxy) is 1. The summed E-state index contributed by atoms with van der Waals surface area (Å²) in [7, 11) is 0. The van der Waals surface area contributed by atoms with Crippen LogP contribution in [0, 0.1) is 19.8 Å². The minimum absolute atomic E-state index is 0.155. The van der Waals surface area contributed by atoms with Gasteiger partial charge >= 0.3 is 6.09 Å². The van der Waals surface area contributed by atoms with Gasteiger partial charge in [-0.1, -0.05) is 76.6 Å². The van der Waals surface area contributed by atoms with E-state index in [1.165, 1.54) is 0 Å². The Morgan fingerprint density at radius 3 is 2.08 bits per heavy atom. The highest BCUT2D eigenvalue weighted by Crippen LogP contribution is 2.29. The van der Waals surface area contributed by atoms with Crippen molar-refractivity contribution in [3.8, 4) is 0 Å². The van der Waals surface area contributed by atoms with Gasteiger partial charge in [0.05, 0.1) is 0 Å². The fourth-order valence-electron chi connectivity index (χ4n) is 4.57. The van der Waals surface area contributed by atoms with E-state index in [1.54, 1.807) is 25.7 Å². The number of nitrogens with one attached hydrogen (secondary N) is 2. The molecule has 0 saturated carbocycles. The number of aryl methyl sites for hydroxylation is 2. The highest BCUT2D eigenvalue weighted by Gasteiger charge is 2.39. The van der Waals surface area contributed by atoms with Crippen molar-refractivity contribution in [1.82, 2.24) is 15.5 Å². The molecule has 0 fully saturated rings. The first-order valence-corrected chi connectivity index (χ1v) is 14.7. The second kappa shape index (κ2) is 15.3. The number of nitrogens with zero attached hydrogens (tertiary/aromatic N) is 1. The zero-order valence-electron chi connectivity index (χ0n) is 26.5. The molecule has 0 aliphatic carbocycles. The van der Waals surface area contributed by atoms with Crippen LogP contribution in [0.25, 0.3) is 0 Å². The minimum atomic E-state index is -0.824. The van der Waals surface area contributed by atoms with Crippen LogP contribution in [0.5, 0.6) is 0 Å². The molecule has 39 heavy (non-hydrogen) atoms. The summed E-state index contributed by atoms with van der Waals surface area (Å²) in [5.41, 5.74) is 1.67. The SMILES string of the molecule is CCCCCCCN(C(=O)C(NC(=O)OC(C)(C)C)C(C)CC)C(C(=O)NC(C)(C)C)c1ccc(C)cc1C. The molecule has 3 atom stereocenters. The highest BCUT2D eigenvalue weighted by molar-refractivity contribution is 5.92. The van der Waals surface area contributed by atoms with Gasteiger partial charge in [-0.2, -0.15) is 0 Å². The number of hydrogen-bond donors (Lipinski definition) is 2.